The zero-order chi connectivity index (χ0) is 10.4. The van der Waals surface area contributed by atoms with E-state index < -0.39 is 0 Å². The first-order valence-electron chi connectivity index (χ1n) is 4.40. The molecular formula is C10H7N3O2. The third kappa shape index (κ3) is 0.969. The summed E-state index contributed by atoms with van der Waals surface area (Å²) < 4.78 is 0. The number of rotatable bonds is 0. The second-order valence-corrected chi connectivity index (χ2v) is 3.26. The molecule has 0 bridgehead atoms. The van der Waals surface area contributed by atoms with Gasteiger partial charge in [0.2, 0.25) is 0 Å². The molecule has 5 heteroatoms. The lowest BCUT2D eigenvalue weighted by molar-refractivity contribution is 0.398. The standard InChI is InChI=1S/C10H7N3O2/c14-9-5-1-2-7-6(3-11-4-12-7)8(5)13-10(9)15/h1-4,14-15H,(H,11,12). The van der Waals surface area contributed by atoms with Crippen molar-refractivity contribution in [3.05, 3.63) is 24.7 Å². The van der Waals surface area contributed by atoms with Crippen LogP contribution in [0.3, 0.4) is 0 Å². The van der Waals surface area contributed by atoms with Crippen LogP contribution in [0.15, 0.2) is 24.7 Å². The van der Waals surface area contributed by atoms with Crippen LogP contribution in [0.4, 0.5) is 0 Å². The third-order valence-electron chi connectivity index (χ3n) is 2.40. The first-order valence-corrected chi connectivity index (χ1v) is 4.40. The number of nitrogens with zero attached hydrogens (tertiary/aromatic N) is 2. The number of hydrogen-bond acceptors (Lipinski definition) is 4. The number of aromatic hydroxyl groups is 2. The Balaban J connectivity index is 2.60. The Labute approximate surface area is 84.0 Å². The molecule has 74 valence electrons. The molecule has 3 aromatic rings. The van der Waals surface area contributed by atoms with Crippen molar-refractivity contribution in [1.29, 1.82) is 0 Å². The maximum atomic E-state index is 9.51. The minimum atomic E-state index is -0.346. The highest BCUT2D eigenvalue weighted by Crippen LogP contribution is 2.36. The van der Waals surface area contributed by atoms with E-state index in [-0.39, 0.29) is 11.6 Å². The molecule has 3 rings (SSSR count). The Bertz CT molecular complexity index is 660. The van der Waals surface area contributed by atoms with E-state index in [1.165, 1.54) is 0 Å². The van der Waals surface area contributed by atoms with Gasteiger partial charge >= 0.3 is 0 Å². The molecule has 2 heterocycles. The van der Waals surface area contributed by atoms with Crippen LogP contribution in [-0.2, 0) is 0 Å². The Morgan fingerprint density at radius 3 is 2.87 bits per heavy atom. The largest absolute Gasteiger partial charge is 0.503 e. The summed E-state index contributed by atoms with van der Waals surface area (Å²) in [7, 11) is 0. The molecule has 0 unspecified atom stereocenters. The molecule has 15 heavy (non-hydrogen) atoms. The van der Waals surface area contributed by atoms with E-state index >= 15 is 0 Å². The number of fused-ring (bicyclic) bond motifs is 3. The van der Waals surface area contributed by atoms with Gasteiger partial charge in [0.05, 0.1) is 17.4 Å². The summed E-state index contributed by atoms with van der Waals surface area (Å²) in [6, 6.07) is 3.51. The van der Waals surface area contributed by atoms with E-state index in [4.69, 9.17) is 0 Å². The average Bonchev–Trinajstić information content (AvgIpc) is 2.56. The minimum absolute atomic E-state index is 0.184. The molecule has 0 atom stereocenters. The number of aromatic amines is 1. The quantitative estimate of drug-likeness (QED) is 0.515. The molecule has 0 saturated heterocycles. The lowest BCUT2D eigenvalue weighted by atomic mass is 10.2. The monoisotopic (exact) mass is 201 g/mol. The van der Waals surface area contributed by atoms with Crippen molar-refractivity contribution >= 4 is 21.8 Å². The Morgan fingerprint density at radius 1 is 1.13 bits per heavy atom. The van der Waals surface area contributed by atoms with Gasteiger partial charge in [0.1, 0.15) is 0 Å². The van der Waals surface area contributed by atoms with Crippen LogP contribution in [0.5, 0.6) is 11.6 Å². The van der Waals surface area contributed by atoms with Crippen LogP contribution in [0.2, 0.25) is 0 Å². The molecule has 0 fully saturated rings. The van der Waals surface area contributed by atoms with Gasteiger partial charge in [-0.3, -0.25) is 0 Å². The van der Waals surface area contributed by atoms with Gasteiger partial charge in [-0.15, -0.1) is 0 Å². The van der Waals surface area contributed by atoms with E-state index in [0.717, 1.165) is 10.9 Å². The van der Waals surface area contributed by atoms with Crippen molar-refractivity contribution in [2.75, 3.05) is 0 Å². The predicted molar refractivity (Wildman–Crippen MR) is 54.7 cm³/mol. The fourth-order valence-corrected chi connectivity index (χ4v) is 1.67. The highest BCUT2D eigenvalue weighted by atomic mass is 16.3. The molecule has 2 aromatic heterocycles. The summed E-state index contributed by atoms with van der Waals surface area (Å²) >= 11 is 0. The third-order valence-corrected chi connectivity index (χ3v) is 2.40. The Kier molecular flexibility index (Phi) is 1.39. The highest BCUT2D eigenvalue weighted by Gasteiger charge is 2.12. The Morgan fingerprint density at radius 2 is 2.00 bits per heavy atom. The summed E-state index contributed by atoms with van der Waals surface area (Å²) in [5.74, 6) is -0.530. The van der Waals surface area contributed by atoms with E-state index in [0.29, 0.717) is 10.9 Å². The van der Waals surface area contributed by atoms with Crippen molar-refractivity contribution < 1.29 is 10.2 Å². The van der Waals surface area contributed by atoms with Gasteiger partial charge in [-0.05, 0) is 12.1 Å². The zero-order valence-corrected chi connectivity index (χ0v) is 7.60. The van der Waals surface area contributed by atoms with Gasteiger partial charge in [0, 0.05) is 17.0 Å². The van der Waals surface area contributed by atoms with Crippen LogP contribution in [0.25, 0.3) is 21.8 Å². The topological polar surface area (TPSA) is 82.0 Å². The second kappa shape index (κ2) is 2.60. The lowest BCUT2D eigenvalue weighted by Gasteiger charge is -1.97. The van der Waals surface area contributed by atoms with Crippen LogP contribution >= 0.6 is 0 Å². The van der Waals surface area contributed by atoms with Crippen molar-refractivity contribution in [3.63, 3.8) is 0 Å². The molecule has 0 aliphatic rings. The van der Waals surface area contributed by atoms with E-state index in [9.17, 15) is 10.2 Å². The van der Waals surface area contributed by atoms with Gasteiger partial charge in [-0.1, -0.05) is 0 Å². The molecular weight excluding hydrogens is 194 g/mol. The molecule has 5 nitrogen and oxygen atoms in total. The predicted octanol–water partition coefficient (Wildman–Crippen LogP) is 1.52. The number of H-pyrrole nitrogens is 1. The number of hydrogen-bond donors (Lipinski definition) is 3. The molecule has 3 N–H and O–H groups in total. The van der Waals surface area contributed by atoms with Gasteiger partial charge in [0.25, 0.3) is 5.88 Å². The van der Waals surface area contributed by atoms with Crippen molar-refractivity contribution in [2.45, 2.75) is 0 Å². The highest BCUT2D eigenvalue weighted by molar-refractivity contribution is 6.06. The summed E-state index contributed by atoms with van der Waals surface area (Å²) in [6.07, 6.45) is 3.21. The normalized spacial score (nSPS) is 11.2. The Hall–Kier alpha value is -2.30. The lowest BCUT2D eigenvalue weighted by Crippen LogP contribution is -1.81. The number of benzene rings is 1. The van der Waals surface area contributed by atoms with Crippen molar-refractivity contribution in [1.82, 2.24) is 15.0 Å². The summed E-state index contributed by atoms with van der Waals surface area (Å²) in [6.45, 7) is 0. The fourth-order valence-electron chi connectivity index (χ4n) is 1.67. The molecule has 0 saturated carbocycles. The van der Waals surface area contributed by atoms with Gasteiger partial charge in [-0.2, -0.15) is 0 Å². The van der Waals surface area contributed by atoms with Gasteiger partial charge in [-0.25, -0.2) is 9.97 Å². The van der Waals surface area contributed by atoms with E-state index in [1.54, 1.807) is 24.7 Å². The molecule has 0 amide bonds. The van der Waals surface area contributed by atoms with Crippen LogP contribution < -0.4 is 0 Å². The second-order valence-electron chi connectivity index (χ2n) is 3.26. The van der Waals surface area contributed by atoms with E-state index in [2.05, 4.69) is 15.0 Å². The van der Waals surface area contributed by atoms with Gasteiger partial charge in [0.15, 0.2) is 5.75 Å². The molecule has 0 radical (unpaired) electrons. The maximum Gasteiger partial charge on any atom is 0.255 e. The fraction of sp³-hybridized carbons (Fsp3) is 0. The molecule has 0 spiro atoms. The van der Waals surface area contributed by atoms with E-state index in [1.807, 2.05) is 0 Å². The zero-order valence-electron chi connectivity index (χ0n) is 7.60. The first kappa shape index (κ1) is 8.05. The summed E-state index contributed by atoms with van der Waals surface area (Å²) in [4.78, 5) is 10.8. The van der Waals surface area contributed by atoms with Crippen molar-refractivity contribution in [2.24, 2.45) is 0 Å². The summed E-state index contributed by atoms with van der Waals surface area (Å²) in [5, 5.41) is 20.1. The number of aromatic nitrogens is 3. The average molecular weight is 201 g/mol. The minimum Gasteiger partial charge on any atom is -0.503 e. The van der Waals surface area contributed by atoms with Crippen LogP contribution in [-0.4, -0.2) is 25.2 Å². The molecule has 0 aliphatic carbocycles. The van der Waals surface area contributed by atoms with Crippen molar-refractivity contribution in [3.8, 4) is 11.6 Å². The SMILES string of the molecule is Oc1nc2c(ccc3[nH]cncc32)c1O. The van der Waals surface area contributed by atoms with Gasteiger partial charge < -0.3 is 15.2 Å². The molecule has 1 aromatic carbocycles. The number of nitrogens with one attached hydrogen (secondary N) is 1. The van der Waals surface area contributed by atoms with Crippen LogP contribution in [0, 0.1) is 0 Å². The summed E-state index contributed by atoms with van der Waals surface area (Å²) in [5.41, 5.74) is 1.40. The molecule has 0 aliphatic heterocycles. The first-order chi connectivity index (χ1) is 7.27. The smallest absolute Gasteiger partial charge is 0.255 e. The maximum absolute atomic E-state index is 9.51. The van der Waals surface area contributed by atoms with Crippen LogP contribution in [0.1, 0.15) is 0 Å².